The molecular formula is C12H10ClN3O3. The Labute approximate surface area is 113 Å². The fraction of sp³-hybridized carbons (Fsp3) is 0.0833. The lowest BCUT2D eigenvalue weighted by Crippen LogP contribution is -2.10. The van der Waals surface area contributed by atoms with Crippen LogP contribution in [0.2, 0.25) is 5.02 Å². The van der Waals surface area contributed by atoms with E-state index in [0.29, 0.717) is 21.9 Å². The maximum Gasteiger partial charge on any atom is 0.341 e. The summed E-state index contributed by atoms with van der Waals surface area (Å²) < 4.78 is 5.19. The van der Waals surface area contributed by atoms with Crippen LogP contribution >= 0.6 is 11.6 Å². The first-order valence-corrected chi connectivity index (χ1v) is 5.66. The van der Waals surface area contributed by atoms with Crippen LogP contribution in [0, 0.1) is 0 Å². The zero-order valence-corrected chi connectivity index (χ0v) is 10.5. The number of nitrogens with two attached hydrogens (primary N) is 1. The van der Waals surface area contributed by atoms with Gasteiger partial charge in [0.05, 0.1) is 0 Å². The number of aliphatic carboxylic acids is 1. The van der Waals surface area contributed by atoms with Gasteiger partial charge in [0, 0.05) is 28.5 Å². The monoisotopic (exact) mass is 279 g/mol. The normalized spacial score (nSPS) is 10.2. The van der Waals surface area contributed by atoms with E-state index in [1.165, 1.54) is 12.4 Å². The third-order valence-electron chi connectivity index (χ3n) is 2.28. The molecule has 0 aliphatic carbocycles. The third kappa shape index (κ3) is 3.32. The van der Waals surface area contributed by atoms with Crippen molar-refractivity contribution in [2.24, 2.45) is 0 Å². The number of rotatable bonds is 4. The number of hydrogen-bond acceptors (Lipinski definition) is 5. The van der Waals surface area contributed by atoms with E-state index in [4.69, 9.17) is 27.2 Å². The highest BCUT2D eigenvalue weighted by molar-refractivity contribution is 6.31. The largest absolute Gasteiger partial charge is 0.481 e. The Morgan fingerprint density at radius 1 is 1.37 bits per heavy atom. The summed E-state index contributed by atoms with van der Waals surface area (Å²) in [6.45, 7) is -0.440. The number of carbonyl (C=O) groups is 1. The lowest BCUT2D eigenvalue weighted by Gasteiger charge is -2.10. The molecule has 1 aromatic carbocycles. The van der Waals surface area contributed by atoms with Crippen LogP contribution in [-0.2, 0) is 4.79 Å². The number of carboxylic acids is 1. The predicted octanol–water partition coefficient (Wildman–Crippen LogP) is 1.84. The number of anilines is 1. The van der Waals surface area contributed by atoms with Gasteiger partial charge in [-0.25, -0.2) is 14.8 Å². The zero-order valence-electron chi connectivity index (χ0n) is 9.71. The van der Waals surface area contributed by atoms with Crippen LogP contribution in [0.5, 0.6) is 5.75 Å². The minimum Gasteiger partial charge on any atom is -0.481 e. The molecule has 7 heteroatoms. The Balaban J connectivity index is 2.39. The average molecular weight is 280 g/mol. The van der Waals surface area contributed by atoms with Crippen LogP contribution in [0.15, 0.2) is 30.6 Å². The Morgan fingerprint density at radius 3 is 2.68 bits per heavy atom. The maximum atomic E-state index is 10.5. The van der Waals surface area contributed by atoms with Gasteiger partial charge in [0.25, 0.3) is 0 Å². The van der Waals surface area contributed by atoms with E-state index in [-0.39, 0.29) is 5.95 Å². The molecule has 2 aromatic rings. The maximum absolute atomic E-state index is 10.5. The second-order valence-corrected chi connectivity index (χ2v) is 4.09. The standard InChI is InChI=1S/C12H10ClN3O3/c13-8-1-2-10(19-6-11(17)18)9(3-8)7-4-15-12(14)16-5-7/h1-5H,6H2,(H,17,18)(H2,14,15,16). The van der Waals surface area contributed by atoms with Crippen molar-refractivity contribution in [3.63, 3.8) is 0 Å². The number of halogens is 1. The molecule has 1 aromatic heterocycles. The van der Waals surface area contributed by atoms with E-state index in [1.807, 2.05) is 0 Å². The SMILES string of the molecule is Nc1ncc(-c2cc(Cl)ccc2OCC(=O)O)cn1. The molecule has 0 radical (unpaired) electrons. The minimum atomic E-state index is -1.06. The molecule has 98 valence electrons. The van der Waals surface area contributed by atoms with Gasteiger partial charge < -0.3 is 15.6 Å². The fourth-order valence-electron chi connectivity index (χ4n) is 1.47. The average Bonchev–Trinajstić information content (AvgIpc) is 2.38. The Morgan fingerprint density at radius 2 is 2.05 bits per heavy atom. The molecule has 0 aliphatic heterocycles. The smallest absolute Gasteiger partial charge is 0.341 e. The first-order chi connectivity index (χ1) is 9.06. The van der Waals surface area contributed by atoms with E-state index in [9.17, 15) is 4.79 Å². The van der Waals surface area contributed by atoms with E-state index in [0.717, 1.165) is 0 Å². The van der Waals surface area contributed by atoms with E-state index >= 15 is 0 Å². The molecule has 0 spiro atoms. The molecule has 0 saturated carbocycles. The van der Waals surface area contributed by atoms with E-state index in [1.54, 1.807) is 18.2 Å². The van der Waals surface area contributed by atoms with Gasteiger partial charge in [-0.15, -0.1) is 0 Å². The number of nitrogen functional groups attached to an aromatic ring is 1. The van der Waals surface area contributed by atoms with Gasteiger partial charge in [-0.3, -0.25) is 0 Å². The predicted molar refractivity (Wildman–Crippen MR) is 70.0 cm³/mol. The van der Waals surface area contributed by atoms with Crippen molar-refractivity contribution in [1.82, 2.24) is 9.97 Å². The first kappa shape index (κ1) is 13.1. The summed E-state index contributed by atoms with van der Waals surface area (Å²) in [5.41, 5.74) is 6.66. The Kier molecular flexibility index (Phi) is 3.82. The molecule has 0 unspecified atom stereocenters. The van der Waals surface area contributed by atoms with Crippen LogP contribution in [-0.4, -0.2) is 27.7 Å². The number of aromatic nitrogens is 2. The summed E-state index contributed by atoms with van der Waals surface area (Å²) in [7, 11) is 0. The molecule has 0 fully saturated rings. The van der Waals surface area contributed by atoms with Crippen LogP contribution < -0.4 is 10.5 Å². The molecule has 0 bridgehead atoms. The van der Waals surface area contributed by atoms with Crippen molar-refractivity contribution in [3.05, 3.63) is 35.6 Å². The quantitative estimate of drug-likeness (QED) is 0.886. The number of hydrogen-bond donors (Lipinski definition) is 2. The molecule has 1 heterocycles. The van der Waals surface area contributed by atoms with Gasteiger partial charge in [-0.2, -0.15) is 0 Å². The van der Waals surface area contributed by atoms with Crippen molar-refractivity contribution < 1.29 is 14.6 Å². The van der Waals surface area contributed by atoms with Crippen LogP contribution in [0.4, 0.5) is 5.95 Å². The van der Waals surface area contributed by atoms with Gasteiger partial charge >= 0.3 is 5.97 Å². The Hall–Kier alpha value is -2.34. The number of ether oxygens (including phenoxy) is 1. The number of nitrogens with zero attached hydrogens (tertiary/aromatic N) is 2. The zero-order chi connectivity index (χ0) is 13.8. The molecule has 3 N–H and O–H groups in total. The van der Waals surface area contributed by atoms with Crippen LogP contribution in [0.1, 0.15) is 0 Å². The van der Waals surface area contributed by atoms with E-state index in [2.05, 4.69) is 9.97 Å². The molecular weight excluding hydrogens is 270 g/mol. The summed E-state index contributed by atoms with van der Waals surface area (Å²) >= 11 is 5.92. The summed E-state index contributed by atoms with van der Waals surface area (Å²) in [5.74, 6) is -0.520. The topological polar surface area (TPSA) is 98.3 Å². The van der Waals surface area contributed by atoms with Gasteiger partial charge in [-0.1, -0.05) is 11.6 Å². The van der Waals surface area contributed by atoms with Crippen molar-refractivity contribution in [3.8, 4) is 16.9 Å². The molecule has 2 rings (SSSR count). The van der Waals surface area contributed by atoms with E-state index < -0.39 is 12.6 Å². The van der Waals surface area contributed by atoms with Crippen molar-refractivity contribution in [2.45, 2.75) is 0 Å². The highest BCUT2D eigenvalue weighted by Crippen LogP contribution is 2.32. The molecule has 0 saturated heterocycles. The van der Waals surface area contributed by atoms with Gasteiger partial charge in [0.2, 0.25) is 5.95 Å². The summed E-state index contributed by atoms with van der Waals surface area (Å²) in [4.78, 5) is 18.3. The molecule has 19 heavy (non-hydrogen) atoms. The summed E-state index contributed by atoms with van der Waals surface area (Å²) in [6, 6.07) is 4.85. The second-order valence-electron chi connectivity index (χ2n) is 3.65. The fourth-order valence-corrected chi connectivity index (χ4v) is 1.64. The summed E-state index contributed by atoms with van der Waals surface area (Å²) in [5, 5.41) is 9.13. The number of benzene rings is 1. The van der Waals surface area contributed by atoms with Crippen LogP contribution in [0.3, 0.4) is 0 Å². The van der Waals surface area contributed by atoms with Gasteiger partial charge in [0.1, 0.15) is 5.75 Å². The highest BCUT2D eigenvalue weighted by atomic mass is 35.5. The lowest BCUT2D eigenvalue weighted by atomic mass is 10.1. The third-order valence-corrected chi connectivity index (χ3v) is 2.51. The van der Waals surface area contributed by atoms with Crippen molar-refractivity contribution in [1.29, 1.82) is 0 Å². The highest BCUT2D eigenvalue weighted by Gasteiger charge is 2.10. The van der Waals surface area contributed by atoms with Crippen LogP contribution in [0.25, 0.3) is 11.1 Å². The molecule has 0 atom stereocenters. The van der Waals surface area contributed by atoms with Crippen molar-refractivity contribution >= 4 is 23.5 Å². The Bertz CT molecular complexity index is 602. The molecule has 6 nitrogen and oxygen atoms in total. The minimum absolute atomic E-state index is 0.152. The van der Waals surface area contributed by atoms with Gasteiger partial charge in [-0.05, 0) is 18.2 Å². The number of carboxylic acid groups (broad SMARTS) is 1. The lowest BCUT2D eigenvalue weighted by molar-refractivity contribution is -0.139. The molecule has 0 amide bonds. The first-order valence-electron chi connectivity index (χ1n) is 5.28. The van der Waals surface area contributed by atoms with Crippen molar-refractivity contribution in [2.75, 3.05) is 12.3 Å². The summed E-state index contributed by atoms with van der Waals surface area (Å²) in [6.07, 6.45) is 3.03. The molecule has 0 aliphatic rings. The second kappa shape index (κ2) is 5.53. The van der Waals surface area contributed by atoms with Gasteiger partial charge in [0.15, 0.2) is 6.61 Å².